The second-order valence-electron chi connectivity index (χ2n) is 7.37. The quantitative estimate of drug-likeness (QED) is 0.618. The fourth-order valence-corrected chi connectivity index (χ4v) is 5.11. The summed E-state index contributed by atoms with van der Waals surface area (Å²) in [4.78, 5) is 24.6. The number of hydrogen-bond acceptors (Lipinski definition) is 5. The van der Waals surface area contributed by atoms with Crippen LogP contribution in [-0.4, -0.2) is 50.3 Å². The minimum atomic E-state index is -3.93. The molecular weight excluding hydrogens is 404 g/mol. The molecule has 8 heteroatoms. The van der Waals surface area contributed by atoms with E-state index in [1.807, 2.05) is 30.3 Å². The normalized spacial score (nSPS) is 14.8. The Hall–Kier alpha value is -2.71. The highest BCUT2D eigenvalue weighted by molar-refractivity contribution is 7.90. The molecule has 0 saturated carbocycles. The molecule has 1 N–H and O–H groups in total. The third kappa shape index (κ3) is 4.71. The van der Waals surface area contributed by atoms with Gasteiger partial charge in [0.15, 0.2) is 0 Å². The number of rotatable bonds is 9. The van der Waals surface area contributed by atoms with E-state index >= 15 is 0 Å². The number of sulfonamides is 1. The number of benzene rings is 2. The number of carbonyl (C=O) groups is 2. The summed E-state index contributed by atoms with van der Waals surface area (Å²) in [6.45, 7) is 4.81. The Bertz CT molecular complexity index is 1020. The lowest BCUT2D eigenvalue weighted by molar-refractivity contribution is 0.0845. The van der Waals surface area contributed by atoms with Gasteiger partial charge in [-0.2, -0.15) is 0 Å². The molecule has 30 heavy (non-hydrogen) atoms. The Morgan fingerprint density at radius 3 is 2.53 bits per heavy atom. The van der Waals surface area contributed by atoms with Gasteiger partial charge in [0.2, 0.25) is 0 Å². The van der Waals surface area contributed by atoms with Crippen molar-refractivity contribution in [2.24, 2.45) is 0 Å². The first-order valence-corrected chi connectivity index (χ1v) is 11.4. The third-order valence-corrected chi connectivity index (χ3v) is 6.81. The van der Waals surface area contributed by atoms with Crippen LogP contribution >= 0.6 is 0 Å². The smallest absolute Gasteiger partial charge is 0.269 e. The van der Waals surface area contributed by atoms with E-state index in [0.29, 0.717) is 26.2 Å². The number of carbonyl (C=O) groups excluding carboxylic acids is 2. The van der Waals surface area contributed by atoms with Crippen LogP contribution < -0.4 is 5.32 Å². The first kappa shape index (κ1) is 22.0. The van der Waals surface area contributed by atoms with Crippen molar-refractivity contribution in [3.63, 3.8) is 0 Å². The number of amides is 2. The zero-order chi connectivity index (χ0) is 21.7. The summed E-state index contributed by atoms with van der Waals surface area (Å²) in [7, 11) is -3.93. The molecule has 2 aromatic rings. The van der Waals surface area contributed by atoms with Crippen molar-refractivity contribution < 1.29 is 22.7 Å². The van der Waals surface area contributed by atoms with Gasteiger partial charge in [-0.05, 0) is 50.5 Å². The van der Waals surface area contributed by atoms with Crippen molar-refractivity contribution in [3.8, 4) is 0 Å². The average molecular weight is 431 g/mol. The lowest BCUT2D eigenvalue weighted by atomic mass is 10.1. The SMILES string of the molecule is CC(C)N1C(=O)c2ccc(C(=O)NCCCOCCc3ccccc3)cc2S1(=O)=O. The molecule has 160 valence electrons. The predicted molar refractivity (Wildman–Crippen MR) is 113 cm³/mol. The van der Waals surface area contributed by atoms with Crippen LogP contribution in [0.4, 0.5) is 0 Å². The largest absolute Gasteiger partial charge is 0.381 e. The van der Waals surface area contributed by atoms with Crippen LogP contribution in [0.2, 0.25) is 0 Å². The third-order valence-electron chi connectivity index (χ3n) is 4.81. The minimum absolute atomic E-state index is 0.104. The van der Waals surface area contributed by atoms with Gasteiger partial charge in [-0.15, -0.1) is 0 Å². The van der Waals surface area contributed by atoms with Crippen LogP contribution in [-0.2, 0) is 21.2 Å². The van der Waals surface area contributed by atoms with Gasteiger partial charge in [0.1, 0.15) is 4.90 Å². The summed E-state index contributed by atoms with van der Waals surface area (Å²) < 4.78 is 31.7. The Morgan fingerprint density at radius 1 is 1.10 bits per heavy atom. The molecule has 0 atom stereocenters. The van der Waals surface area contributed by atoms with Crippen LogP contribution in [0.25, 0.3) is 0 Å². The van der Waals surface area contributed by atoms with Crippen LogP contribution in [0, 0.1) is 0 Å². The van der Waals surface area contributed by atoms with Gasteiger partial charge >= 0.3 is 0 Å². The summed E-state index contributed by atoms with van der Waals surface area (Å²) in [6.07, 6.45) is 1.48. The number of fused-ring (bicyclic) bond motifs is 1. The zero-order valence-electron chi connectivity index (χ0n) is 17.1. The number of ether oxygens (including phenoxy) is 1. The lowest BCUT2D eigenvalue weighted by Gasteiger charge is -2.18. The summed E-state index contributed by atoms with van der Waals surface area (Å²) >= 11 is 0. The van der Waals surface area contributed by atoms with Gasteiger partial charge in [0, 0.05) is 24.8 Å². The van der Waals surface area contributed by atoms with E-state index in [1.165, 1.54) is 23.8 Å². The van der Waals surface area contributed by atoms with Gasteiger partial charge in [-0.1, -0.05) is 30.3 Å². The minimum Gasteiger partial charge on any atom is -0.381 e. The van der Waals surface area contributed by atoms with E-state index in [4.69, 9.17) is 4.74 Å². The first-order valence-electron chi connectivity index (χ1n) is 9.95. The molecule has 7 nitrogen and oxygen atoms in total. The molecule has 0 bridgehead atoms. The van der Waals surface area contributed by atoms with Gasteiger partial charge in [0.25, 0.3) is 21.8 Å². The maximum atomic E-state index is 12.6. The first-order chi connectivity index (χ1) is 14.3. The van der Waals surface area contributed by atoms with Crippen molar-refractivity contribution in [2.75, 3.05) is 19.8 Å². The fraction of sp³-hybridized carbons (Fsp3) is 0.364. The van der Waals surface area contributed by atoms with E-state index < -0.39 is 22.0 Å². The van der Waals surface area contributed by atoms with Crippen molar-refractivity contribution in [1.82, 2.24) is 9.62 Å². The van der Waals surface area contributed by atoms with E-state index in [2.05, 4.69) is 5.32 Å². The van der Waals surface area contributed by atoms with Crippen LogP contribution in [0.3, 0.4) is 0 Å². The number of nitrogens with zero attached hydrogens (tertiary/aromatic N) is 1. The number of nitrogens with one attached hydrogen (secondary N) is 1. The fourth-order valence-electron chi connectivity index (χ4n) is 3.31. The summed E-state index contributed by atoms with van der Waals surface area (Å²) in [5, 5.41) is 2.76. The molecule has 0 spiro atoms. The van der Waals surface area contributed by atoms with E-state index in [1.54, 1.807) is 13.8 Å². The van der Waals surface area contributed by atoms with Gasteiger partial charge < -0.3 is 10.1 Å². The molecule has 0 fully saturated rings. The molecule has 2 amide bonds. The molecule has 1 aliphatic heterocycles. The van der Waals surface area contributed by atoms with Crippen molar-refractivity contribution in [2.45, 2.75) is 37.6 Å². The zero-order valence-corrected chi connectivity index (χ0v) is 17.9. The van der Waals surface area contributed by atoms with Crippen molar-refractivity contribution in [3.05, 3.63) is 65.2 Å². The van der Waals surface area contributed by atoms with Gasteiger partial charge in [-0.3, -0.25) is 9.59 Å². The summed E-state index contributed by atoms with van der Waals surface area (Å²) in [5.74, 6) is -0.938. The molecule has 2 aromatic carbocycles. The van der Waals surface area contributed by atoms with E-state index in [9.17, 15) is 18.0 Å². The Morgan fingerprint density at radius 2 is 1.83 bits per heavy atom. The molecule has 1 aliphatic rings. The average Bonchev–Trinajstić information content (AvgIpc) is 2.93. The summed E-state index contributed by atoms with van der Waals surface area (Å²) in [6, 6.07) is 13.7. The highest BCUT2D eigenvalue weighted by Crippen LogP contribution is 2.32. The van der Waals surface area contributed by atoms with Crippen LogP contribution in [0.5, 0.6) is 0 Å². The molecule has 0 unspecified atom stereocenters. The number of hydrogen-bond donors (Lipinski definition) is 1. The molecule has 0 radical (unpaired) electrons. The second kappa shape index (κ2) is 9.40. The van der Waals surface area contributed by atoms with Crippen LogP contribution in [0.15, 0.2) is 53.4 Å². The Labute approximate surface area is 177 Å². The van der Waals surface area contributed by atoms with Crippen LogP contribution in [0.1, 0.15) is 46.5 Å². The highest BCUT2D eigenvalue weighted by Gasteiger charge is 2.42. The Kier molecular flexibility index (Phi) is 6.89. The molecule has 0 aliphatic carbocycles. The van der Waals surface area contributed by atoms with E-state index in [0.717, 1.165) is 10.7 Å². The molecular formula is C22H26N2O5S. The molecule has 3 rings (SSSR count). The highest BCUT2D eigenvalue weighted by atomic mass is 32.2. The second-order valence-corrected chi connectivity index (χ2v) is 9.15. The predicted octanol–water partition coefficient (Wildman–Crippen LogP) is 2.62. The van der Waals surface area contributed by atoms with Crippen molar-refractivity contribution >= 4 is 21.8 Å². The maximum Gasteiger partial charge on any atom is 0.269 e. The lowest BCUT2D eigenvalue weighted by Crippen LogP contribution is -2.36. The topological polar surface area (TPSA) is 92.8 Å². The van der Waals surface area contributed by atoms with Gasteiger partial charge in [0.05, 0.1) is 12.2 Å². The Balaban J connectivity index is 1.48. The monoisotopic (exact) mass is 430 g/mol. The standard InChI is InChI=1S/C22H26N2O5S/c1-16(2)24-22(26)19-10-9-18(15-20(19)30(24,27)28)21(25)23-12-6-13-29-14-11-17-7-4-3-5-8-17/h3-5,7-10,15-16H,6,11-14H2,1-2H3,(H,23,25). The van der Waals surface area contributed by atoms with Gasteiger partial charge in [-0.25, -0.2) is 12.7 Å². The van der Waals surface area contributed by atoms with Crippen molar-refractivity contribution in [1.29, 1.82) is 0 Å². The molecule has 1 heterocycles. The maximum absolute atomic E-state index is 12.6. The molecule has 0 aromatic heterocycles. The molecule has 0 saturated heterocycles. The summed E-state index contributed by atoms with van der Waals surface area (Å²) in [5.41, 5.74) is 1.53. The van der Waals surface area contributed by atoms with E-state index in [-0.39, 0.29) is 21.9 Å².